The Morgan fingerprint density at radius 3 is 2.55 bits per heavy atom. The average Bonchev–Trinajstić information content (AvgIpc) is 2.80. The fourth-order valence-corrected chi connectivity index (χ4v) is 3.72. The Balaban J connectivity index is 1.47. The number of morpholine rings is 1. The molecule has 6 nitrogen and oxygen atoms in total. The molecule has 1 saturated heterocycles. The summed E-state index contributed by atoms with van der Waals surface area (Å²) in [6.45, 7) is 6.10. The summed E-state index contributed by atoms with van der Waals surface area (Å²) in [6, 6.07) is 13.7. The number of hydrogen-bond donors (Lipinski definition) is 1. The number of amides is 1. The summed E-state index contributed by atoms with van der Waals surface area (Å²) in [5.41, 5.74) is 2.13. The van der Waals surface area contributed by atoms with Crippen LogP contribution >= 0.6 is 11.6 Å². The summed E-state index contributed by atoms with van der Waals surface area (Å²) in [4.78, 5) is 14.8. The Labute approximate surface area is 189 Å². The molecule has 1 fully saturated rings. The number of methoxy groups -OCH3 is 1. The van der Waals surface area contributed by atoms with Crippen LogP contribution in [0.5, 0.6) is 11.5 Å². The summed E-state index contributed by atoms with van der Waals surface area (Å²) in [5, 5.41) is 3.82. The van der Waals surface area contributed by atoms with E-state index in [0.717, 1.165) is 40.7 Å². The standard InChI is InChI=1S/C24H31ClN2O4/c1-18-16-21(9-10-22(18)25)31-13-3-4-24(28)26-17-23(27-11-14-30-15-12-27)19-5-7-20(29-2)8-6-19/h5-10,16,23H,3-4,11-15,17H2,1-2H3,(H,26,28). The summed E-state index contributed by atoms with van der Waals surface area (Å²) < 4.78 is 16.5. The fraction of sp³-hybridized carbons (Fsp3) is 0.458. The number of nitrogens with zero attached hydrogens (tertiary/aromatic N) is 1. The first-order valence-corrected chi connectivity index (χ1v) is 11.1. The maximum atomic E-state index is 12.4. The highest BCUT2D eigenvalue weighted by molar-refractivity contribution is 6.31. The van der Waals surface area contributed by atoms with Crippen molar-refractivity contribution in [3.63, 3.8) is 0 Å². The molecule has 0 saturated carbocycles. The number of carbonyl (C=O) groups is 1. The van der Waals surface area contributed by atoms with Gasteiger partial charge in [-0.05, 0) is 54.8 Å². The molecule has 1 N–H and O–H groups in total. The molecule has 2 aromatic carbocycles. The Morgan fingerprint density at radius 2 is 1.87 bits per heavy atom. The summed E-state index contributed by atoms with van der Waals surface area (Å²) in [7, 11) is 1.66. The van der Waals surface area contributed by atoms with E-state index in [-0.39, 0.29) is 11.9 Å². The van der Waals surface area contributed by atoms with E-state index in [9.17, 15) is 4.79 Å². The minimum absolute atomic E-state index is 0.0302. The van der Waals surface area contributed by atoms with Crippen molar-refractivity contribution in [2.45, 2.75) is 25.8 Å². The zero-order valence-corrected chi connectivity index (χ0v) is 19.0. The lowest BCUT2D eigenvalue weighted by molar-refractivity contribution is -0.121. The van der Waals surface area contributed by atoms with Crippen molar-refractivity contribution in [2.75, 3.05) is 46.6 Å². The highest BCUT2D eigenvalue weighted by Crippen LogP contribution is 2.24. The maximum Gasteiger partial charge on any atom is 0.220 e. The maximum absolute atomic E-state index is 12.4. The molecule has 0 aromatic heterocycles. The number of rotatable bonds is 10. The molecule has 0 radical (unpaired) electrons. The third-order valence-corrected chi connectivity index (χ3v) is 5.85. The topological polar surface area (TPSA) is 60.0 Å². The zero-order valence-electron chi connectivity index (χ0n) is 18.2. The second-order valence-corrected chi connectivity index (χ2v) is 8.01. The Morgan fingerprint density at radius 1 is 1.16 bits per heavy atom. The van der Waals surface area contributed by atoms with Gasteiger partial charge in [0.05, 0.1) is 33.0 Å². The van der Waals surface area contributed by atoms with Gasteiger partial charge in [-0.1, -0.05) is 23.7 Å². The number of halogens is 1. The Kier molecular flexibility index (Phi) is 9.00. The molecule has 0 aliphatic carbocycles. The minimum atomic E-state index is 0.0302. The van der Waals surface area contributed by atoms with E-state index in [4.69, 9.17) is 25.8 Å². The van der Waals surface area contributed by atoms with Crippen molar-refractivity contribution in [1.29, 1.82) is 0 Å². The van der Waals surface area contributed by atoms with Crippen molar-refractivity contribution in [1.82, 2.24) is 10.2 Å². The van der Waals surface area contributed by atoms with Gasteiger partial charge in [0.1, 0.15) is 11.5 Å². The monoisotopic (exact) mass is 446 g/mol. The van der Waals surface area contributed by atoms with Gasteiger partial charge in [0.15, 0.2) is 0 Å². The molecular weight excluding hydrogens is 416 g/mol. The Bertz CT molecular complexity index is 838. The number of aryl methyl sites for hydroxylation is 1. The van der Waals surface area contributed by atoms with Crippen LogP contribution in [0.3, 0.4) is 0 Å². The Hall–Kier alpha value is -2.28. The van der Waals surface area contributed by atoms with Crippen LogP contribution in [0, 0.1) is 6.92 Å². The van der Waals surface area contributed by atoms with Crippen LogP contribution in [0.1, 0.15) is 30.0 Å². The van der Waals surface area contributed by atoms with Gasteiger partial charge in [-0.2, -0.15) is 0 Å². The fourth-order valence-electron chi connectivity index (χ4n) is 3.60. The highest BCUT2D eigenvalue weighted by atomic mass is 35.5. The van der Waals surface area contributed by atoms with Crippen LogP contribution in [0.4, 0.5) is 0 Å². The van der Waals surface area contributed by atoms with Gasteiger partial charge in [0.25, 0.3) is 0 Å². The van der Waals surface area contributed by atoms with Crippen molar-refractivity contribution in [2.24, 2.45) is 0 Å². The molecule has 1 amide bonds. The van der Waals surface area contributed by atoms with Gasteiger partial charge in [0, 0.05) is 31.1 Å². The number of nitrogens with one attached hydrogen (secondary N) is 1. The van der Waals surface area contributed by atoms with E-state index in [0.29, 0.717) is 39.2 Å². The predicted molar refractivity (Wildman–Crippen MR) is 122 cm³/mol. The largest absolute Gasteiger partial charge is 0.497 e. The first-order valence-electron chi connectivity index (χ1n) is 10.7. The van der Waals surface area contributed by atoms with E-state index >= 15 is 0 Å². The third-order valence-electron chi connectivity index (χ3n) is 5.43. The molecule has 1 unspecified atom stereocenters. The van der Waals surface area contributed by atoms with E-state index in [1.54, 1.807) is 7.11 Å². The smallest absolute Gasteiger partial charge is 0.220 e. The van der Waals surface area contributed by atoms with Gasteiger partial charge in [-0.15, -0.1) is 0 Å². The molecule has 1 heterocycles. The molecule has 168 valence electrons. The van der Waals surface area contributed by atoms with Gasteiger partial charge in [0.2, 0.25) is 5.91 Å². The van der Waals surface area contributed by atoms with Gasteiger partial charge < -0.3 is 19.5 Å². The molecule has 7 heteroatoms. The van der Waals surface area contributed by atoms with Gasteiger partial charge >= 0.3 is 0 Å². The van der Waals surface area contributed by atoms with Crippen LogP contribution in [0.15, 0.2) is 42.5 Å². The van der Waals surface area contributed by atoms with Crippen LogP contribution in [-0.4, -0.2) is 57.4 Å². The first-order chi connectivity index (χ1) is 15.1. The summed E-state index contributed by atoms with van der Waals surface area (Å²) >= 11 is 6.03. The van der Waals surface area contributed by atoms with E-state index in [2.05, 4.69) is 22.3 Å². The normalized spacial score (nSPS) is 15.3. The molecule has 3 rings (SSSR count). The zero-order chi connectivity index (χ0) is 22.1. The summed E-state index contributed by atoms with van der Waals surface area (Å²) in [6.07, 6.45) is 1.07. The molecule has 0 spiro atoms. The molecule has 31 heavy (non-hydrogen) atoms. The minimum Gasteiger partial charge on any atom is -0.497 e. The molecule has 2 aromatic rings. The third kappa shape index (κ3) is 7.13. The second kappa shape index (κ2) is 11.9. The van der Waals surface area contributed by atoms with Crippen LogP contribution in [-0.2, 0) is 9.53 Å². The van der Waals surface area contributed by atoms with E-state index in [1.165, 1.54) is 0 Å². The van der Waals surface area contributed by atoms with Crippen molar-refractivity contribution in [3.8, 4) is 11.5 Å². The lowest BCUT2D eigenvalue weighted by Gasteiger charge is -2.35. The molecule has 1 atom stereocenters. The number of ether oxygens (including phenoxy) is 3. The van der Waals surface area contributed by atoms with E-state index in [1.807, 2.05) is 37.3 Å². The molecule has 1 aliphatic rings. The van der Waals surface area contributed by atoms with Crippen LogP contribution < -0.4 is 14.8 Å². The molecule has 1 aliphatic heterocycles. The van der Waals surface area contributed by atoms with Crippen molar-refractivity contribution < 1.29 is 19.0 Å². The van der Waals surface area contributed by atoms with Gasteiger partial charge in [-0.25, -0.2) is 0 Å². The highest BCUT2D eigenvalue weighted by Gasteiger charge is 2.23. The molecular formula is C24H31ClN2O4. The molecule has 0 bridgehead atoms. The number of hydrogen-bond acceptors (Lipinski definition) is 5. The number of carbonyl (C=O) groups excluding carboxylic acids is 1. The second-order valence-electron chi connectivity index (χ2n) is 7.60. The number of benzene rings is 2. The van der Waals surface area contributed by atoms with E-state index < -0.39 is 0 Å². The quantitative estimate of drug-likeness (QED) is 0.559. The van der Waals surface area contributed by atoms with Crippen molar-refractivity contribution >= 4 is 17.5 Å². The average molecular weight is 447 g/mol. The van der Waals surface area contributed by atoms with Crippen LogP contribution in [0.25, 0.3) is 0 Å². The lowest BCUT2D eigenvalue weighted by Crippen LogP contribution is -2.43. The predicted octanol–water partition coefficient (Wildman–Crippen LogP) is 4.01. The van der Waals surface area contributed by atoms with Crippen LogP contribution in [0.2, 0.25) is 5.02 Å². The lowest BCUT2D eigenvalue weighted by atomic mass is 10.0. The first kappa shape index (κ1) is 23.4. The van der Waals surface area contributed by atoms with Gasteiger partial charge in [-0.3, -0.25) is 9.69 Å². The summed E-state index contributed by atoms with van der Waals surface area (Å²) in [5.74, 6) is 1.63. The van der Waals surface area contributed by atoms with Crippen molar-refractivity contribution in [3.05, 3.63) is 58.6 Å². The SMILES string of the molecule is COc1ccc(C(CNC(=O)CCCOc2ccc(Cl)c(C)c2)N2CCOCC2)cc1.